The smallest absolute Gasteiger partial charge is 0.336 e. The zero-order valence-corrected chi connectivity index (χ0v) is 10.4. The van der Waals surface area contributed by atoms with Crippen molar-refractivity contribution in [3.63, 3.8) is 0 Å². The Morgan fingerprint density at radius 1 is 1.47 bits per heavy atom. The summed E-state index contributed by atoms with van der Waals surface area (Å²) in [5, 5.41) is 20.8. The molecule has 0 atom stereocenters. The Balaban J connectivity index is 2.19. The molecule has 1 saturated carbocycles. The molecule has 17 heavy (non-hydrogen) atoms. The number of nitrogens with one attached hydrogen (secondary N) is 1. The molecule has 3 N–H and O–H groups in total. The predicted octanol–water partition coefficient (Wildman–Crippen LogP) is 2.22. The van der Waals surface area contributed by atoms with Crippen LogP contribution in [0.3, 0.4) is 0 Å². The molecule has 4 nitrogen and oxygen atoms in total. The molecule has 1 aromatic carbocycles. The van der Waals surface area contributed by atoms with Crippen molar-refractivity contribution in [3.8, 4) is 0 Å². The van der Waals surface area contributed by atoms with Gasteiger partial charge in [0.05, 0.1) is 21.8 Å². The van der Waals surface area contributed by atoms with Gasteiger partial charge in [-0.15, -0.1) is 0 Å². The maximum Gasteiger partial charge on any atom is 0.336 e. The van der Waals surface area contributed by atoms with Crippen LogP contribution in [0.5, 0.6) is 0 Å². The van der Waals surface area contributed by atoms with Crippen LogP contribution in [0.2, 0.25) is 0 Å². The second-order valence-corrected chi connectivity index (χ2v) is 4.85. The first kappa shape index (κ1) is 12.3. The average Bonchev–Trinajstić information content (AvgIpc) is 2.22. The van der Waals surface area contributed by atoms with Crippen LogP contribution in [0, 0.1) is 5.82 Å². The summed E-state index contributed by atoms with van der Waals surface area (Å²) in [6.07, 6.45) is 0.840. The van der Waals surface area contributed by atoms with Crippen LogP contribution in [0.15, 0.2) is 16.6 Å². The van der Waals surface area contributed by atoms with Gasteiger partial charge in [0.15, 0.2) is 5.82 Å². The van der Waals surface area contributed by atoms with Gasteiger partial charge in [0.25, 0.3) is 0 Å². The average molecular weight is 304 g/mol. The van der Waals surface area contributed by atoms with E-state index >= 15 is 0 Å². The lowest BCUT2D eigenvalue weighted by Gasteiger charge is -2.33. The highest BCUT2D eigenvalue weighted by atomic mass is 79.9. The topological polar surface area (TPSA) is 69.6 Å². The van der Waals surface area contributed by atoms with Gasteiger partial charge in [0, 0.05) is 6.04 Å². The van der Waals surface area contributed by atoms with Gasteiger partial charge < -0.3 is 15.5 Å². The van der Waals surface area contributed by atoms with Crippen LogP contribution in [0.25, 0.3) is 0 Å². The molecule has 0 saturated heterocycles. The predicted molar refractivity (Wildman–Crippen MR) is 63.7 cm³/mol. The number of rotatable bonds is 3. The van der Waals surface area contributed by atoms with Crippen molar-refractivity contribution >= 4 is 27.6 Å². The van der Waals surface area contributed by atoms with E-state index in [0.29, 0.717) is 12.8 Å². The number of hydrogen-bond donors (Lipinski definition) is 3. The Morgan fingerprint density at radius 3 is 2.65 bits per heavy atom. The van der Waals surface area contributed by atoms with E-state index in [1.165, 1.54) is 12.1 Å². The minimum Gasteiger partial charge on any atom is -0.478 e. The number of carboxylic acid groups (broad SMARTS) is 1. The van der Waals surface area contributed by atoms with Crippen LogP contribution in [-0.2, 0) is 0 Å². The fourth-order valence-corrected chi connectivity index (χ4v) is 2.27. The maximum atomic E-state index is 13.8. The molecule has 0 bridgehead atoms. The highest BCUT2D eigenvalue weighted by molar-refractivity contribution is 9.10. The quantitative estimate of drug-likeness (QED) is 0.801. The molecular formula is C11H11BrFNO3. The number of aliphatic hydroxyl groups excluding tert-OH is 1. The van der Waals surface area contributed by atoms with Crippen molar-refractivity contribution < 1.29 is 19.4 Å². The Hall–Kier alpha value is -1.14. The third-order valence-corrected chi connectivity index (χ3v) is 3.56. The number of benzene rings is 1. The molecule has 1 aliphatic rings. The first-order chi connectivity index (χ1) is 7.99. The zero-order valence-electron chi connectivity index (χ0n) is 8.78. The summed E-state index contributed by atoms with van der Waals surface area (Å²) < 4.78 is 13.7. The standard InChI is InChI=1S/C11H11BrFNO3/c12-9-7(11(16)17)1-2-8(10(9)13)14-5-3-6(15)4-5/h1-2,5-6,14-15H,3-4H2,(H,16,17). The molecule has 92 valence electrons. The maximum absolute atomic E-state index is 13.8. The van der Waals surface area contributed by atoms with Gasteiger partial charge >= 0.3 is 5.97 Å². The number of halogens is 2. The van der Waals surface area contributed by atoms with E-state index in [1.54, 1.807) is 0 Å². The van der Waals surface area contributed by atoms with E-state index < -0.39 is 11.8 Å². The molecule has 1 aromatic rings. The summed E-state index contributed by atoms with van der Waals surface area (Å²) in [7, 11) is 0. The molecule has 0 aromatic heterocycles. The first-order valence-corrected chi connectivity index (χ1v) is 5.94. The van der Waals surface area contributed by atoms with E-state index in [-0.39, 0.29) is 27.9 Å². The Labute approximate surface area is 106 Å². The van der Waals surface area contributed by atoms with Crippen molar-refractivity contribution in [3.05, 3.63) is 28.0 Å². The molecule has 2 rings (SSSR count). The molecule has 0 amide bonds. The van der Waals surface area contributed by atoms with Gasteiger partial charge in [0.2, 0.25) is 0 Å². The highest BCUT2D eigenvalue weighted by Gasteiger charge is 2.28. The SMILES string of the molecule is O=C(O)c1ccc(NC2CC(O)C2)c(F)c1Br. The van der Waals surface area contributed by atoms with Crippen LogP contribution in [0.4, 0.5) is 10.1 Å². The monoisotopic (exact) mass is 303 g/mol. The van der Waals surface area contributed by atoms with Gasteiger partial charge in [-0.2, -0.15) is 0 Å². The molecule has 1 fully saturated rings. The molecule has 0 spiro atoms. The fraction of sp³-hybridized carbons (Fsp3) is 0.364. The van der Waals surface area contributed by atoms with Gasteiger partial charge in [0.1, 0.15) is 0 Å². The van der Waals surface area contributed by atoms with Crippen molar-refractivity contribution in [1.82, 2.24) is 0 Å². The molecule has 0 aliphatic heterocycles. The first-order valence-electron chi connectivity index (χ1n) is 5.15. The fourth-order valence-electron chi connectivity index (χ4n) is 1.75. The molecule has 1 aliphatic carbocycles. The lowest BCUT2D eigenvalue weighted by molar-refractivity contribution is 0.0695. The van der Waals surface area contributed by atoms with Crippen molar-refractivity contribution in [2.45, 2.75) is 25.0 Å². The van der Waals surface area contributed by atoms with Gasteiger partial charge in [-0.25, -0.2) is 9.18 Å². The minimum absolute atomic E-state index is 0.0436. The normalized spacial score (nSPS) is 23.0. The third-order valence-electron chi connectivity index (χ3n) is 2.79. The number of aliphatic hydroxyl groups is 1. The summed E-state index contributed by atoms with van der Waals surface area (Å²) in [6, 6.07) is 2.78. The molecule has 0 unspecified atom stereocenters. The highest BCUT2D eigenvalue weighted by Crippen LogP contribution is 2.30. The summed E-state index contributed by atoms with van der Waals surface area (Å²) in [6.45, 7) is 0. The number of aromatic carboxylic acids is 1. The van der Waals surface area contributed by atoms with E-state index in [9.17, 15) is 9.18 Å². The van der Waals surface area contributed by atoms with Crippen LogP contribution in [0.1, 0.15) is 23.2 Å². The summed E-state index contributed by atoms with van der Waals surface area (Å²) >= 11 is 2.93. The lowest BCUT2D eigenvalue weighted by atomic mass is 9.89. The summed E-state index contributed by atoms with van der Waals surface area (Å²) in [5.74, 6) is -1.80. The number of carbonyl (C=O) groups is 1. The summed E-state index contributed by atoms with van der Waals surface area (Å²) in [5.41, 5.74) is 0.139. The van der Waals surface area contributed by atoms with E-state index in [0.717, 1.165) is 0 Å². The van der Waals surface area contributed by atoms with E-state index in [2.05, 4.69) is 21.2 Å². The van der Waals surface area contributed by atoms with E-state index in [1.807, 2.05) is 0 Å². The Morgan fingerprint density at radius 2 is 2.12 bits per heavy atom. The lowest BCUT2D eigenvalue weighted by Crippen LogP contribution is -2.39. The Bertz CT molecular complexity index is 460. The van der Waals surface area contributed by atoms with Crippen LogP contribution >= 0.6 is 15.9 Å². The van der Waals surface area contributed by atoms with Gasteiger partial charge in [-0.1, -0.05) is 0 Å². The summed E-state index contributed by atoms with van der Waals surface area (Å²) in [4.78, 5) is 10.8. The Kier molecular flexibility index (Phi) is 3.35. The second kappa shape index (κ2) is 4.62. The largest absolute Gasteiger partial charge is 0.478 e. The number of anilines is 1. The number of hydrogen-bond acceptors (Lipinski definition) is 3. The minimum atomic E-state index is -1.18. The van der Waals surface area contributed by atoms with Gasteiger partial charge in [-0.3, -0.25) is 0 Å². The number of carboxylic acids is 1. The van der Waals surface area contributed by atoms with Crippen LogP contribution < -0.4 is 5.32 Å². The van der Waals surface area contributed by atoms with Crippen molar-refractivity contribution in [2.24, 2.45) is 0 Å². The molecule has 0 radical (unpaired) electrons. The second-order valence-electron chi connectivity index (χ2n) is 4.06. The zero-order chi connectivity index (χ0) is 12.6. The third kappa shape index (κ3) is 2.42. The molecule has 0 heterocycles. The van der Waals surface area contributed by atoms with Crippen molar-refractivity contribution in [1.29, 1.82) is 0 Å². The molecule has 6 heteroatoms. The molecular weight excluding hydrogens is 293 g/mol. The van der Waals surface area contributed by atoms with E-state index in [4.69, 9.17) is 10.2 Å². The van der Waals surface area contributed by atoms with Crippen LogP contribution in [-0.4, -0.2) is 28.3 Å². The van der Waals surface area contributed by atoms with Crippen molar-refractivity contribution in [2.75, 3.05) is 5.32 Å². The van der Waals surface area contributed by atoms with Gasteiger partial charge in [-0.05, 0) is 40.9 Å².